The van der Waals surface area contributed by atoms with Crippen molar-refractivity contribution < 1.29 is 33.6 Å². The molecule has 204 valence electrons. The summed E-state index contributed by atoms with van der Waals surface area (Å²) < 4.78 is 22.9. The van der Waals surface area contributed by atoms with Gasteiger partial charge in [-0.3, -0.25) is 5.43 Å². The third-order valence-corrected chi connectivity index (χ3v) is 6.21. The van der Waals surface area contributed by atoms with Gasteiger partial charge < -0.3 is 34.7 Å². The van der Waals surface area contributed by atoms with Crippen LogP contribution in [0.5, 0.6) is 17.2 Å². The van der Waals surface area contributed by atoms with Gasteiger partial charge in [-0.15, -0.1) is 0 Å². The first-order valence-electron chi connectivity index (χ1n) is 11.9. The summed E-state index contributed by atoms with van der Waals surface area (Å²) in [5, 5.41) is 19.7. The summed E-state index contributed by atoms with van der Waals surface area (Å²) in [6.45, 7) is 6.20. The van der Waals surface area contributed by atoms with E-state index in [4.69, 9.17) is 18.9 Å². The number of benzene rings is 2. The van der Waals surface area contributed by atoms with Gasteiger partial charge in [0.2, 0.25) is 0 Å². The zero-order chi connectivity index (χ0) is 27.7. The first-order chi connectivity index (χ1) is 18.3. The lowest BCUT2D eigenvalue weighted by atomic mass is 9.95. The van der Waals surface area contributed by atoms with Crippen LogP contribution in [0, 0.1) is 3.57 Å². The van der Waals surface area contributed by atoms with E-state index < -0.39 is 24.3 Å². The van der Waals surface area contributed by atoms with Crippen LogP contribution < -0.4 is 30.3 Å². The van der Waals surface area contributed by atoms with Gasteiger partial charge in [-0.2, -0.15) is 5.10 Å². The highest BCUT2D eigenvalue weighted by Gasteiger charge is 2.32. The monoisotopic (exact) mass is 638 g/mol. The molecule has 0 saturated heterocycles. The number of nitrogens with one attached hydrogen (secondary N) is 3. The van der Waals surface area contributed by atoms with Crippen LogP contribution in [0.15, 0.2) is 52.8 Å². The number of allylic oxidation sites excluding steroid dienone is 1. The topological polar surface area (TPSA) is 140 Å². The van der Waals surface area contributed by atoms with E-state index in [0.717, 1.165) is 14.9 Å². The number of aliphatic hydroxyl groups excluding tert-OH is 1. The van der Waals surface area contributed by atoms with E-state index in [1.165, 1.54) is 7.11 Å². The maximum absolute atomic E-state index is 12.4. The van der Waals surface area contributed by atoms with Crippen molar-refractivity contribution in [1.29, 1.82) is 0 Å². The fourth-order valence-electron chi connectivity index (χ4n) is 3.69. The maximum atomic E-state index is 12.4. The second kappa shape index (κ2) is 13.9. The summed E-state index contributed by atoms with van der Waals surface area (Å²) in [5.41, 5.74) is 4.75. The summed E-state index contributed by atoms with van der Waals surface area (Å²) in [6.07, 6.45) is 0.492. The van der Waals surface area contributed by atoms with Crippen LogP contribution in [0.2, 0.25) is 0 Å². The SMILES string of the molecule is CCOc1ccc(/C=N\N[C@H](O)COc2ccc([C@@H]3NC(=O)NC(C)=C3C(=O)OC)cc2OCC)cc1I. The number of urea groups is 1. The van der Waals surface area contributed by atoms with Crippen LogP contribution in [0.4, 0.5) is 4.79 Å². The predicted molar refractivity (Wildman–Crippen MR) is 149 cm³/mol. The van der Waals surface area contributed by atoms with E-state index in [0.29, 0.717) is 36.0 Å². The normalized spacial score (nSPS) is 15.9. The van der Waals surface area contributed by atoms with Crippen molar-refractivity contribution in [2.75, 3.05) is 26.9 Å². The molecule has 0 unspecified atom stereocenters. The second-order valence-corrected chi connectivity index (χ2v) is 9.20. The number of carbonyl (C=O) groups is 2. The highest BCUT2D eigenvalue weighted by Crippen LogP contribution is 2.35. The fraction of sp³-hybridized carbons (Fsp3) is 0.346. The molecule has 38 heavy (non-hydrogen) atoms. The molecule has 11 nitrogen and oxygen atoms in total. The molecule has 2 amide bonds. The Labute approximate surface area is 234 Å². The van der Waals surface area contributed by atoms with Crippen LogP contribution in [0.3, 0.4) is 0 Å². The van der Waals surface area contributed by atoms with Gasteiger partial charge >= 0.3 is 12.0 Å². The van der Waals surface area contributed by atoms with E-state index >= 15 is 0 Å². The molecule has 0 aliphatic carbocycles. The largest absolute Gasteiger partial charge is 0.493 e. The van der Waals surface area contributed by atoms with Crippen molar-refractivity contribution in [2.45, 2.75) is 33.0 Å². The molecule has 1 heterocycles. The average Bonchev–Trinajstić information content (AvgIpc) is 2.89. The number of hydrogen-bond acceptors (Lipinski definition) is 9. The quantitative estimate of drug-likeness (QED) is 0.0915. The standard InChI is InChI=1S/C26H31IN4O7/c1-5-36-19-9-7-16(11-18(19)27)13-28-31-22(32)14-38-20-10-8-17(12-21(20)37-6-2)24-23(25(33)35-4)15(3)29-26(34)30-24/h7-13,22,24,31-32H,5-6,14H2,1-4H3,(H2,29,30,34)/b28-13-/t22-,24+/m1/s1. The number of esters is 1. The molecular formula is C26H31IN4O7. The van der Waals surface area contributed by atoms with Crippen LogP contribution in [0.25, 0.3) is 0 Å². The Morgan fingerprint density at radius 3 is 2.53 bits per heavy atom. The van der Waals surface area contributed by atoms with Crippen molar-refractivity contribution in [3.05, 3.63) is 62.4 Å². The van der Waals surface area contributed by atoms with E-state index in [9.17, 15) is 14.7 Å². The van der Waals surface area contributed by atoms with Gasteiger partial charge in [-0.1, -0.05) is 6.07 Å². The molecule has 0 bridgehead atoms. The molecular weight excluding hydrogens is 607 g/mol. The van der Waals surface area contributed by atoms with E-state index in [1.54, 1.807) is 31.3 Å². The van der Waals surface area contributed by atoms with Crippen LogP contribution in [0.1, 0.15) is 37.9 Å². The summed E-state index contributed by atoms with van der Waals surface area (Å²) >= 11 is 2.19. The minimum atomic E-state index is -1.10. The summed E-state index contributed by atoms with van der Waals surface area (Å²) in [7, 11) is 1.28. The number of hydrogen-bond donors (Lipinski definition) is 4. The number of amides is 2. The summed E-state index contributed by atoms with van der Waals surface area (Å²) in [5.74, 6) is 1.01. The highest BCUT2D eigenvalue weighted by molar-refractivity contribution is 14.1. The highest BCUT2D eigenvalue weighted by atomic mass is 127. The van der Waals surface area contributed by atoms with Crippen molar-refractivity contribution >= 4 is 40.8 Å². The lowest BCUT2D eigenvalue weighted by molar-refractivity contribution is -0.136. The molecule has 0 aromatic heterocycles. The summed E-state index contributed by atoms with van der Waals surface area (Å²) in [4.78, 5) is 24.5. The van der Waals surface area contributed by atoms with Crippen molar-refractivity contribution in [3.8, 4) is 17.2 Å². The van der Waals surface area contributed by atoms with Gasteiger partial charge in [0.25, 0.3) is 0 Å². The minimum Gasteiger partial charge on any atom is -0.493 e. The van der Waals surface area contributed by atoms with E-state index in [2.05, 4.69) is 43.8 Å². The Hall–Kier alpha value is -3.52. The van der Waals surface area contributed by atoms with Crippen LogP contribution in [-0.4, -0.2) is 56.5 Å². The van der Waals surface area contributed by atoms with E-state index in [-0.39, 0.29) is 12.2 Å². The lowest BCUT2D eigenvalue weighted by Gasteiger charge is -2.28. The van der Waals surface area contributed by atoms with Crippen molar-refractivity contribution in [2.24, 2.45) is 5.10 Å². The number of rotatable bonds is 12. The Bertz CT molecular complexity index is 1220. The lowest BCUT2D eigenvalue weighted by Crippen LogP contribution is -2.45. The Kier molecular flexibility index (Phi) is 10.6. The molecule has 2 aromatic rings. The molecule has 4 N–H and O–H groups in total. The first kappa shape index (κ1) is 29.0. The van der Waals surface area contributed by atoms with E-state index in [1.807, 2.05) is 32.0 Å². The molecule has 1 aliphatic heterocycles. The third-order valence-electron chi connectivity index (χ3n) is 5.37. The summed E-state index contributed by atoms with van der Waals surface area (Å²) in [6, 6.07) is 9.51. The molecule has 1 aliphatic rings. The van der Waals surface area contributed by atoms with Gasteiger partial charge in [-0.25, -0.2) is 9.59 Å². The Balaban J connectivity index is 1.67. The number of hydrazone groups is 1. The van der Waals surface area contributed by atoms with Crippen molar-refractivity contribution in [3.63, 3.8) is 0 Å². The average molecular weight is 638 g/mol. The van der Waals surface area contributed by atoms with Gasteiger partial charge in [-0.05, 0) is 84.8 Å². The molecule has 2 aromatic carbocycles. The van der Waals surface area contributed by atoms with Crippen LogP contribution >= 0.6 is 22.6 Å². The molecule has 0 radical (unpaired) electrons. The van der Waals surface area contributed by atoms with Gasteiger partial charge in [0.15, 0.2) is 17.7 Å². The molecule has 3 rings (SSSR count). The fourth-order valence-corrected chi connectivity index (χ4v) is 4.38. The molecule has 0 saturated carbocycles. The number of halogens is 1. The Morgan fingerprint density at radius 1 is 1.13 bits per heavy atom. The van der Waals surface area contributed by atoms with Gasteiger partial charge in [0, 0.05) is 5.70 Å². The third kappa shape index (κ3) is 7.51. The number of aliphatic hydroxyl groups is 1. The smallest absolute Gasteiger partial charge is 0.337 e. The maximum Gasteiger partial charge on any atom is 0.337 e. The number of carbonyl (C=O) groups excluding carboxylic acids is 2. The number of nitrogens with zero attached hydrogens (tertiary/aromatic N) is 1. The molecule has 2 atom stereocenters. The van der Waals surface area contributed by atoms with Gasteiger partial charge in [0.1, 0.15) is 12.4 Å². The molecule has 0 fully saturated rings. The second-order valence-electron chi connectivity index (χ2n) is 8.04. The first-order valence-corrected chi connectivity index (χ1v) is 13.0. The zero-order valence-electron chi connectivity index (χ0n) is 21.5. The minimum absolute atomic E-state index is 0.117. The van der Waals surface area contributed by atoms with Gasteiger partial charge in [0.05, 0.1) is 41.7 Å². The predicted octanol–water partition coefficient (Wildman–Crippen LogP) is 3.21. The zero-order valence-corrected chi connectivity index (χ0v) is 23.7. The number of ether oxygens (including phenoxy) is 4. The molecule has 12 heteroatoms. The van der Waals surface area contributed by atoms with Crippen molar-refractivity contribution in [1.82, 2.24) is 16.1 Å². The molecule has 0 spiro atoms. The number of methoxy groups -OCH3 is 1. The Morgan fingerprint density at radius 2 is 1.84 bits per heavy atom. The van der Waals surface area contributed by atoms with Crippen LogP contribution in [-0.2, 0) is 9.53 Å².